The van der Waals surface area contributed by atoms with Crippen LogP contribution in [0.25, 0.3) is 10.8 Å². The highest BCUT2D eigenvalue weighted by molar-refractivity contribution is 6.03. The van der Waals surface area contributed by atoms with Gasteiger partial charge in [-0.2, -0.15) is 5.26 Å². The van der Waals surface area contributed by atoms with Crippen LogP contribution < -0.4 is 9.47 Å². The van der Waals surface area contributed by atoms with E-state index < -0.39 is 23.3 Å². The van der Waals surface area contributed by atoms with Crippen LogP contribution >= 0.6 is 0 Å². The van der Waals surface area contributed by atoms with Crippen molar-refractivity contribution in [3.05, 3.63) is 131 Å². The van der Waals surface area contributed by atoms with Gasteiger partial charge in [-0.05, 0) is 123 Å². The molecule has 4 aromatic carbocycles. The van der Waals surface area contributed by atoms with Crippen molar-refractivity contribution >= 4 is 22.4 Å². The van der Waals surface area contributed by atoms with Crippen molar-refractivity contribution in [2.24, 2.45) is 22.9 Å². The molecule has 1 saturated carbocycles. The minimum atomic E-state index is -1.45. The van der Waals surface area contributed by atoms with Crippen molar-refractivity contribution in [3.63, 3.8) is 0 Å². The maximum atomic E-state index is 15.6. The second-order valence-electron chi connectivity index (χ2n) is 18.9. The molecule has 0 radical (unpaired) electrons. The molecule has 2 N–H and O–H groups in total. The summed E-state index contributed by atoms with van der Waals surface area (Å²) in [6, 6.07) is 28.7. The molecular weight excluding hydrogens is 817 g/mol. The van der Waals surface area contributed by atoms with E-state index in [1.54, 1.807) is 30.3 Å². The summed E-state index contributed by atoms with van der Waals surface area (Å²) in [6.45, 7) is 14.2. The summed E-state index contributed by atoms with van der Waals surface area (Å²) in [6.07, 6.45) is 9.04. The first-order chi connectivity index (χ1) is 31.6. The van der Waals surface area contributed by atoms with Crippen molar-refractivity contribution in [3.8, 4) is 17.6 Å². The summed E-state index contributed by atoms with van der Waals surface area (Å²) in [5, 5.41) is 36.9. The van der Waals surface area contributed by atoms with Gasteiger partial charge in [0.15, 0.2) is 0 Å². The number of ether oxygens (including phenoxy) is 3. The number of fused-ring (bicyclic) bond motifs is 3. The van der Waals surface area contributed by atoms with Crippen LogP contribution in [-0.4, -0.2) is 95.1 Å². The van der Waals surface area contributed by atoms with E-state index in [-0.39, 0.29) is 56.4 Å². The number of hydrogen-bond donors (Lipinski definition) is 2. The molecule has 0 aromatic heterocycles. The molecule has 0 spiro atoms. The molecule has 0 bridgehead atoms. The monoisotopic (exact) mass is 880 g/mol. The Hall–Kier alpha value is -5.51. The van der Waals surface area contributed by atoms with Crippen LogP contribution in [0.1, 0.15) is 98.7 Å². The zero-order valence-electron chi connectivity index (χ0n) is 38.2. The molecule has 2 heterocycles. The van der Waals surface area contributed by atoms with Crippen molar-refractivity contribution in [2.45, 2.75) is 95.6 Å². The van der Waals surface area contributed by atoms with E-state index in [0.29, 0.717) is 36.3 Å². The smallest absolute Gasteiger partial charge is 0.254 e. The van der Waals surface area contributed by atoms with Crippen molar-refractivity contribution in [2.75, 3.05) is 46.1 Å². The molecule has 2 fully saturated rings. The van der Waals surface area contributed by atoms with Gasteiger partial charge >= 0.3 is 0 Å². The van der Waals surface area contributed by atoms with Crippen LogP contribution in [0.5, 0.6) is 11.5 Å². The number of aliphatic hydroxyl groups excluding tert-OH is 2. The van der Waals surface area contributed by atoms with Gasteiger partial charge in [-0.25, -0.2) is 0 Å². The number of unbranched alkanes of at least 4 members (excludes halogenated alkanes) is 2. The second-order valence-corrected chi connectivity index (χ2v) is 18.9. The summed E-state index contributed by atoms with van der Waals surface area (Å²) in [7, 11) is 0. The van der Waals surface area contributed by atoms with E-state index in [1.165, 1.54) is 0 Å². The maximum absolute atomic E-state index is 15.6. The van der Waals surface area contributed by atoms with E-state index in [0.717, 1.165) is 84.3 Å². The fourth-order valence-electron chi connectivity index (χ4n) is 10.3. The molecule has 11 nitrogen and oxygen atoms in total. The molecule has 6 atom stereocenters. The second kappa shape index (κ2) is 20.3. The lowest BCUT2D eigenvalue weighted by Gasteiger charge is -2.60. The highest BCUT2D eigenvalue weighted by Crippen LogP contribution is 2.62. The number of amides is 1. The molecule has 8 rings (SSSR count). The quantitative estimate of drug-likeness (QED) is 0.0386. The molecule has 1 saturated heterocycles. The number of carbonyl (C=O) groups excluding carboxylic acids is 1. The van der Waals surface area contributed by atoms with Crippen molar-refractivity contribution < 1.29 is 34.1 Å². The van der Waals surface area contributed by atoms with E-state index in [9.17, 15) is 15.5 Å². The molecule has 4 aliphatic rings. The lowest BCUT2D eigenvalue weighted by molar-refractivity contribution is -0.255. The lowest BCUT2D eigenvalue weighted by Crippen LogP contribution is -2.70. The molecule has 4 aromatic rings. The van der Waals surface area contributed by atoms with Gasteiger partial charge < -0.3 is 34.2 Å². The Morgan fingerprint density at radius 2 is 1.75 bits per heavy atom. The van der Waals surface area contributed by atoms with Gasteiger partial charge in [-0.15, -0.1) is 6.58 Å². The van der Waals surface area contributed by atoms with Crippen LogP contribution in [-0.2, 0) is 16.1 Å². The number of rotatable bonds is 20. The first-order valence-electron chi connectivity index (χ1n) is 23.5. The average molecular weight is 881 g/mol. The van der Waals surface area contributed by atoms with Crippen LogP contribution in [0.15, 0.2) is 114 Å². The number of nitriles is 1. The van der Waals surface area contributed by atoms with Crippen LogP contribution in [0, 0.1) is 29.1 Å². The maximum Gasteiger partial charge on any atom is 0.254 e. The van der Waals surface area contributed by atoms with Gasteiger partial charge in [-0.3, -0.25) is 9.69 Å². The van der Waals surface area contributed by atoms with Crippen LogP contribution in [0.2, 0.25) is 0 Å². The van der Waals surface area contributed by atoms with Crippen molar-refractivity contribution in [1.82, 2.24) is 9.80 Å². The van der Waals surface area contributed by atoms with Gasteiger partial charge in [0, 0.05) is 62.9 Å². The van der Waals surface area contributed by atoms with E-state index in [2.05, 4.69) is 54.0 Å². The molecule has 65 heavy (non-hydrogen) atoms. The molecular formula is C54H64N4O7. The largest absolute Gasteiger partial charge is 0.492 e. The summed E-state index contributed by atoms with van der Waals surface area (Å²) in [5.41, 5.74) is 3.95. The number of benzene rings is 4. The molecule has 1 amide bonds. The summed E-state index contributed by atoms with van der Waals surface area (Å²) < 4.78 is 21.2. The third-order valence-electron chi connectivity index (χ3n) is 13.4. The van der Waals surface area contributed by atoms with Gasteiger partial charge in [0.05, 0.1) is 29.9 Å². The Kier molecular flexibility index (Phi) is 14.4. The average Bonchev–Trinajstić information content (AvgIpc) is 4.15. The summed E-state index contributed by atoms with van der Waals surface area (Å²) >= 11 is 0. The van der Waals surface area contributed by atoms with Gasteiger partial charge in [0.2, 0.25) is 5.79 Å². The number of aliphatic hydroxyl groups is 2. The van der Waals surface area contributed by atoms with Gasteiger partial charge in [0.25, 0.3) is 5.91 Å². The van der Waals surface area contributed by atoms with Gasteiger partial charge in [-0.1, -0.05) is 72.6 Å². The molecule has 2 aliphatic heterocycles. The molecule has 11 heteroatoms. The Morgan fingerprint density at radius 1 is 1.00 bits per heavy atom. The predicted molar refractivity (Wildman–Crippen MR) is 253 cm³/mol. The number of allylic oxidation sites excluding steroid dienone is 1. The third kappa shape index (κ3) is 10.2. The number of carbonyl (C=O) groups is 1. The fourth-order valence-corrected chi connectivity index (χ4v) is 10.3. The van der Waals surface area contributed by atoms with E-state index in [1.807, 2.05) is 56.0 Å². The molecule has 2 aliphatic carbocycles. The van der Waals surface area contributed by atoms with Crippen molar-refractivity contribution in [1.29, 1.82) is 5.26 Å². The molecule has 6 unspecified atom stereocenters. The normalized spacial score (nSPS) is 24.0. The minimum absolute atomic E-state index is 0.0699. The first-order valence-corrected chi connectivity index (χ1v) is 23.5. The molecule has 342 valence electrons. The topological polar surface area (TPSA) is 137 Å². The first kappa shape index (κ1) is 46.0. The fraction of sp³-hybridized carbons (Fsp3) is 0.463. The SMILES string of the molecule is C=CCOC12Oc3ccc(OCCN4CC4)cc3C3C(CCCCO)C(CCCCO)C=C(C(=NOC(C)(C)C)CC1N(Cc1cccc4ccccc14)C(=O)c1ccc(C#N)cc1)C32. The lowest BCUT2D eigenvalue weighted by atomic mass is 9.55. The van der Waals surface area contributed by atoms with E-state index >= 15 is 4.79 Å². The van der Waals surface area contributed by atoms with E-state index in [4.69, 9.17) is 24.2 Å². The van der Waals surface area contributed by atoms with Crippen LogP contribution in [0.4, 0.5) is 0 Å². The Labute approximate surface area is 383 Å². The Balaban J connectivity index is 1.37. The minimum Gasteiger partial charge on any atom is -0.492 e. The third-order valence-corrected chi connectivity index (χ3v) is 13.4. The summed E-state index contributed by atoms with van der Waals surface area (Å²) in [5.74, 6) is -0.750. The standard InChI is InChI=1S/C54H64N4O7/c1-5-30-63-54-49(58(52(61)39-21-19-37(35-55)20-22-39)36-41-16-12-15-38-13-6-7-17-43(38)41)34-47(56-65-53(2,3)4)45-32-40(14-8-10-28-59)44(18-9-11-29-60)50(51(45)54)46-33-42(23-24-48(46)64-54)62-31-27-57-25-26-57/h5-7,12-13,15-17,19-24,32-33,40,44,49-51,59-60H,1,8-11,14,18,25-31,34,36H2,2-4H3. The zero-order chi connectivity index (χ0) is 45.6. The Bertz CT molecular complexity index is 2410. The highest BCUT2D eigenvalue weighted by atomic mass is 16.7. The highest BCUT2D eigenvalue weighted by Gasteiger charge is 2.65. The predicted octanol–water partition coefficient (Wildman–Crippen LogP) is 9.18. The van der Waals surface area contributed by atoms with Gasteiger partial charge in [0.1, 0.15) is 29.7 Å². The number of nitrogens with zero attached hydrogens (tertiary/aromatic N) is 4. The number of oxime groups is 1. The zero-order valence-corrected chi connectivity index (χ0v) is 38.2. The summed E-state index contributed by atoms with van der Waals surface area (Å²) in [4.78, 5) is 26.2. The van der Waals surface area contributed by atoms with Crippen LogP contribution in [0.3, 0.4) is 0 Å². The Morgan fingerprint density at radius 3 is 2.48 bits per heavy atom. The number of hydrogen-bond acceptors (Lipinski definition) is 10.